The monoisotopic (exact) mass is 265 g/mol. The first-order chi connectivity index (χ1) is 9.81. The fraction of sp³-hybridized carbons (Fsp3) is 0.294. The van der Waals surface area contributed by atoms with E-state index in [-0.39, 0.29) is 5.97 Å². The van der Waals surface area contributed by atoms with Gasteiger partial charge < -0.3 is 4.74 Å². The van der Waals surface area contributed by atoms with Gasteiger partial charge in [0.15, 0.2) is 0 Å². The molecule has 0 radical (unpaired) electrons. The zero-order valence-electron chi connectivity index (χ0n) is 11.2. The van der Waals surface area contributed by atoms with Crippen molar-refractivity contribution in [2.75, 3.05) is 6.61 Å². The largest absolute Gasteiger partial charge is 0.462 e. The number of ether oxygens (including phenoxy) is 1. The maximum atomic E-state index is 12.2. The van der Waals surface area contributed by atoms with Gasteiger partial charge in [0, 0.05) is 6.42 Å². The lowest BCUT2D eigenvalue weighted by Crippen LogP contribution is -2.07. The van der Waals surface area contributed by atoms with E-state index in [1.807, 2.05) is 30.3 Å². The zero-order valence-corrected chi connectivity index (χ0v) is 11.2. The first-order valence-corrected chi connectivity index (χ1v) is 6.89. The quantitative estimate of drug-likeness (QED) is 0.629. The summed E-state index contributed by atoms with van der Waals surface area (Å²) in [5, 5.41) is 10.7. The summed E-state index contributed by atoms with van der Waals surface area (Å²) in [6.07, 6.45) is 3.10. The maximum Gasteiger partial charge on any atom is 0.338 e. The third-order valence-corrected chi connectivity index (χ3v) is 3.76. The van der Waals surface area contributed by atoms with Gasteiger partial charge in [0.2, 0.25) is 0 Å². The smallest absolute Gasteiger partial charge is 0.338 e. The predicted molar refractivity (Wildman–Crippen MR) is 76.5 cm³/mol. The van der Waals surface area contributed by atoms with Crippen molar-refractivity contribution in [3.63, 3.8) is 0 Å². The molecule has 20 heavy (non-hydrogen) atoms. The first kappa shape index (κ1) is 12.7. The number of unbranched alkanes of at least 4 members (excludes halogenated alkanes) is 1. The lowest BCUT2D eigenvalue weighted by Gasteiger charge is -2.08. The van der Waals surface area contributed by atoms with Crippen LogP contribution in [0.5, 0.6) is 0 Å². The SMILES string of the molecule is N#CCCCOC(=O)c1ccc2c3c(cccc13)CC2. The summed E-state index contributed by atoms with van der Waals surface area (Å²) in [5.41, 5.74) is 3.26. The molecule has 0 N–H and O–H groups in total. The van der Waals surface area contributed by atoms with Gasteiger partial charge in [-0.1, -0.05) is 24.3 Å². The van der Waals surface area contributed by atoms with Crippen LogP contribution in [0, 0.1) is 11.3 Å². The van der Waals surface area contributed by atoms with Crippen LogP contribution in [0.15, 0.2) is 30.3 Å². The van der Waals surface area contributed by atoms with Crippen LogP contribution in [0.2, 0.25) is 0 Å². The molecule has 1 aliphatic rings. The van der Waals surface area contributed by atoms with E-state index in [0.29, 0.717) is 25.0 Å². The first-order valence-electron chi connectivity index (χ1n) is 6.89. The number of esters is 1. The molecule has 3 nitrogen and oxygen atoms in total. The van der Waals surface area contributed by atoms with Crippen molar-refractivity contribution in [1.82, 2.24) is 0 Å². The van der Waals surface area contributed by atoms with Gasteiger partial charge in [-0.15, -0.1) is 0 Å². The Hall–Kier alpha value is -2.34. The van der Waals surface area contributed by atoms with E-state index < -0.39 is 0 Å². The second-order valence-corrected chi connectivity index (χ2v) is 5.01. The number of carbonyl (C=O) groups excluding carboxylic acids is 1. The Morgan fingerprint density at radius 2 is 2.00 bits per heavy atom. The van der Waals surface area contributed by atoms with Gasteiger partial charge in [-0.3, -0.25) is 0 Å². The summed E-state index contributed by atoms with van der Waals surface area (Å²) in [6.45, 7) is 0.301. The molecule has 0 amide bonds. The van der Waals surface area contributed by atoms with Gasteiger partial charge in [0.05, 0.1) is 18.2 Å². The van der Waals surface area contributed by atoms with E-state index in [2.05, 4.69) is 6.07 Å². The molecule has 0 aliphatic heterocycles. The van der Waals surface area contributed by atoms with Gasteiger partial charge in [-0.05, 0) is 47.2 Å². The summed E-state index contributed by atoms with van der Waals surface area (Å²) in [4.78, 5) is 12.2. The number of benzene rings is 2. The van der Waals surface area contributed by atoms with Crippen LogP contribution in [0.25, 0.3) is 10.8 Å². The zero-order chi connectivity index (χ0) is 13.9. The summed E-state index contributed by atoms with van der Waals surface area (Å²) >= 11 is 0. The second kappa shape index (κ2) is 5.34. The van der Waals surface area contributed by atoms with Crippen LogP contribution in [0.1, 0.15) is 34.3 Å². The Morgan fingerprint density at radius 3 is 2.80 bits per heavy atom. The van der Waals surface area contributed by atoms with Crippen molar-refractivity contribution >= 4 is 16.7 Å². The molecule has 0 atom stereocenters. The molecule has 0 heterocycles. The molecule has 0 aromatic heterocycles. The number of rotatable bonds is 4. The number of nitrogens with zero attached hydrogens (tertiary/aromatic N) is 1. The minimum Gasteiger partial charge on any atom is -0.462 e. The summed E-state index contributed by atoms with van der Waals surface area (Å²) < 4.78 is 5.25. The van der Waals surface area contributed by atoms with Crippen molar-refractivity contribution in [2.24, 2.45) is 0 Å². The Kier molecular flexibility index (Phi) is 3.39. The van der Waals surface area contributed by atoms with Gasteiger partial charge >= 0.3 is 5.97 Å². The lowest BCUT2D eigenvalue weighted by molar-refractivity contribution is 0.0504. The van der Waals surface area contributed by atoms with Crippen LogP contribution in [-0.4, -0.2) is 12.6 Å². The summed E-state index contributed by atoms with van der Waals surface area (Å²) in [7, 11) is 0. The lowest BCUT2D eigenvalue weighted by atomic mass is 10.00. The average Bonchev–Trinajstić information content (AvgIpc) is 2.89. The molecule has 2 aromatic carbocycles. The van der Waals surface area contributed by atoms with E-state index in [0.717, 1.165) is 18.2 Å². The number of carbonyl (C=O) groups is 1. The molecule has 0 saturated carbocycles. The summed E-state index contributed by atoms with van der Waals surface area (Å²) in [6, 6.07) is 12.0. The van der Waals surface area contributed by atoms with Gasteiger partial charge in [0.1, 0.15) is 0 Å². The highest BCUT2D eigenvalue weighted by molar-refractivity contribution is 6.07. The number of aryl methyl sites for hydroxylation is 2. The Balaban J connectivity index is 1.90. The molecule has 3 heteroatoms. The van der Waals surface area contributed by atoms with Crippen molar-refractivity contribution in [1.29, 1.82) is 5.26 Å². The minimum absolute atomic E-state index is 0.293. The number of hydrogen-bond acceptors (Lipinski definition) is 3. The average molecular weight is 265 g/mol. The van der Waals surface area contributed by atoms with Crippen LogP contribution in [0.4, 0.5) is 0 Å². The normalized spacial score (nSPS) is 12.3. The molecule has 0 fully saturated rings. The molecule has 0 saturated heterocycles. The van der Waals surface area contributed by atoms with E-state index in [4.69, 9.17) is 10.00 Å². The van der Waals surface area contributed by atoms with Crippen LogP contribution in [-0.2, 0) is 17.6 Å². The van der Waals surface area contributed by atoms with E-state index in [1.165, 1.54) is 16.5 Å². The highest BCUT2D eigenvalue weighted by Gasteiger charge is 2.19. The minimum atomic E-state index is -0.293. The number of nitriles is 1. The van der Waals surface area contributed by atoms with Crippen LogP contribution >= 0.6 is 0 Å². The van der Waals surface area contributed by atoms with Crippen molar-refractivity contribution in [3.05, 3.63) is 47.0 Å². The van der Waals surface area contributed by atoms with Crippen molar-refractivity contribution in [3.8, 4) is 6.07 Å². The van der Waals surface area contributed by atoms with Crippen molar-refractivity contribution in [2.45, 2.75) is 25.7 Å². The van der Waals surface area contributed by atoms with Gasteiger partial charge in [-0.25, -0.2) is 4.79 Å². The van der Waals surface area contributed by atoms with E-state index in [9.17, 15) is 4.79 Å². The summed E-state index contributed by atoms with van der Waals surface area (Å²) in [5.74, 6) is -0.293. The maximum absolute atomic E-state index is 12.2. The highest BCUT2D eigenvalue weighted by atomic mass is 16.5. The molecule has 100 valence electrons. The fourth-order valence-electron chi connectivity index (χ4n) is 2.82. The molecule has 0 spiro atoms. The molecular formula is C17H15NO2. The fourth-order valence-corrected chi connectivity index (χ4v) is 2.82. The number of hydrogen-bond donors (Lipinski definition) is 0. The topological polar surface area (TPSA) is 50.1 Å². The Morgan fingerprint density at radius 1 is 1.20 bits per heavy atom. The Labute approximate surface area is 117 Å². The molecule has 0 bridgehead atoms. The standard InChI is InChI=1S/C17H15NO2/c18-10-1-2-11-20-17(19)15-9-8-13-7-6-12-4-3-5-14(15)16(12)13/h3-5,8-9H,1-2,6-7,11H2. The van der Waals surface area contributed by atoms with Gasteiger partial charge in [-0.2, -0.15) is 5.26 Å². The van der Waals surface area contributed by atoms with Crippen LogP contribution in [0.3, 0.4) is 0 Å². The molecular weight excluding hydrogens is 250 g/mol. The second-order valence-electron chi connectivity index (χ2n) is 5.01. The van der Waals surface area contributed by atoms with Crippen molar-refractivity contribution < 1.29 is 9.53 Å². The predicted octanol–water partition coefficient (Wildman–Crippen LogP) is 3.40. The third-order valence-electron chi connectivity index (χ3n) is 3.76. The molecule has 2 aromatic rings. The van der Waals surface area contributed by atoms with Crippen LogP contribution < -0.4 is 0 Å². The highest BCUT2D eigenvalue weighted by Crippen LogP contribution is 2.32. The van der Waals surface area contributed by atoms with Gasteiger partial charge in [0.25, 0.3) is 0 Å². The third kappa shape index (κ3) is 2.14. The Bertz CT molecular complexity index is 702. The van der Waals surface area contributed by atoms with E-state index in [1.54, 1.807) is 0 Å². The molecule has 1 aliphatic carbocycles. The van der Waals surface area contributed by atoms with E-state index >= 15 is 0 Å². The molecule has 3 rings (SSSR count). The molecule has 0 unspecified atom stereocenters.